The van der Waals surface area contributed by atoms with E-state index in [4.69, 9.17) is 0 Å². The van der Waals surface area contributed by atoms with Gasteiger partial charge in [-0.25, -0.2) is 0 Å². The van der Waals surface area contributed by atoms with Crippen LogP contribution in [0.25, 0.3) is 0 Å². The number of amidine groups is 1. The number of benzene rings is 2. The molecule has 0 spiro atoms. The minimum Gasteiger partial charge on any atom is -0.385 e. The number of rotatable bonds is 7. The van der Waals surface area contributed by atoms with Crippen molar-refractivity contribution in [1.29, 1.82) is 0 Å². The fourth-order valence-electron chi connectivity index (χ4n) is 2.68. The summed E-state index contributed by atoms with van der Waals surface area (Å²) >= 11 is 1.54. The lowest BCUT2D eigenvalue weighted by Gasteiger charge is -2.09. The normalized spacial score (nSPS) is 18.9. The number of carbonyl (C=O) groups excluding carboxylic acids is 1. The molecule has 0 aliphatic carbocycles. The fraction of sp³-hybridized carbons (Fsp3) is 0.300. The molecule has 0 aromatic heterocycles. The van der Waals surface area contributed by atoms with Gasteiger partial charge in [0.1, 0.15) is 0 Å². The van der Waals surface area contributed by atoms with Crippen molar-refractivity contribution in [3.05, 3.63) is 66.2 Å². The van der Waals surface area contributed by atoms with Crippen molar-refractivity contribution in [3.63, 3.8) is 0 Å². The molecule has 26 heavy (non-hydrogen) atoms. The van der Waals surface area contributed by atoms with Gasteiger partial charge < -0.3 is 10.6 Å². The SMILES string of the molecule is C[C@@H](CN=C1NC(=O)C(CCNc2ccccc2)S1)c1ccccc1.Cl. The highest BCUT2D eigenvalue weighted by atomic mass is 35.5. The van der Waals surface area contributed by atoms with E-state index < -0.39 is 0 Å². The Morgan fingerprint density at radius 1 is 1.12 bits per heavy atom. The molecule has 1 unspecified atom stereocenters. The number of hydrogen-bond acceptors (Lipinski definition) is 4. The van der Waals surface area contributed by atoms with E-state index in [-0.39, 0.29) is 23.6 Å². The monoisotopic (exact) mass is 389 g/mol. The maximum atomic E-state index is 12.1. The summed E-state index contributed by atoms with van der Waals surface area (Å²) in [5.41, 5.74) is 2.35. The molecule has 0 saturated carbocycles. The topological polar surface area (TPSA) is 53.5 Å². The van der Waals surface area contributed by atoms with E-state index in [2.05, 4.69) is 34.7 Å². The van der Waals surface area contributed by atoms with Crippen LogP contribution in [0.4, 0.5) is 5.69 Å². The summed E-state index contributed by atoms with van der Waals surface area (Å²) < 4.78 is 0. The quantitative estimate of drug-likeness (QED) is 0.742. The van der Waals surface area contributed by atoms with Crippen LogP contribution in [0.3, 0.4) is 0 Å². The van der Waals surface area contributed by atoms with Crippen molar-refractivity contribution in [2.45, 2.75) is 24.5 Å². The zero-order valence-electron chi connectivity index (χ0n) is 14.7. The molecule has 1 saturated heterocycles. The average Bonchev–Trinajstić information content (AvgIpc) is 3.01. The summed E-state index contributed by atoms with van der Waals surface area (Å²) in [5, 5.41) is 6.93. The van der Waals surface area contributed by atoms with Crippen molar-refractivity contribution >= 4 is 40.9 Å². The van der Waals surface area contributed by atoms with E-state index in [1.165, 1.54) is 5.56 Å². The first-order valence-corrected chi connectivity index (χ1v) is 9.46. The molecular weight excluding hydrogens is 366 g/mol. The fourth-order valence-corrected chi connectivity index (χ4v) is 3.66. The van der Waals surface area contributed by atoms with Gasteiger partial charge in [-0.05, 0) is 24.1 Å². The average molecular weight is 390 g/mol. The lowest BCUT2D eigenvalue weighted by atomic mass is 10.0. The number of nitrogens with zero attached hydrogens (tertiary/aromatic N) is 1. The lowest BCUT2D eigenvalue weighted by Crippen LogP contribution is -2.26. The standard InChI is InChI=1S/C20H23N3OS.ClH/c1-15(16-8-4-2-5-9-16)14-22-20-23-19(24)18(25-20)12-13-21-17-10-6-3-7-11-17;/h2-11,15,18,21H,12-14H2,1H3,(H,22,23,24);1H/t15-,18?;/m0./s1. The number of para-hydroxylation sites is 1. The van der Waals surface area contributed by atoms with Crippen LogP contribution in [0.5, 0.6) is 0 Å². The number of thioether (sulfide) groups is 1. The zero-order valence-corrected chi connectivity index (χ0v) is 16.4. The summed E-state index contributed by atoms with van der Waals surface area (Å²) in [5.74, 6) is 0.399. The number of carbonyl (C=O) groups is 1. The van der Waals surface area contributed by atoms with Gasteiger partial charge in [0, 0.05) is 24.7 Å². The molecule has 4 nitrogen and oxygen atoms in total. The molecule has 1 fully saturated rings. The van der Waals surface area contributed by atoms with Crippen LogP contribution >= 0.6 is 24.2 Å². The Kier molecular flexibility index (Phi) is 8.01. The molecule has 1 aliphatic rings. The highest BCUT2D eigenvalue weighted by Gasteiger charge is 2.29. The Balaban J connectivity index is 0.00000243. The molecule has 2 atom stereocenters. The predicted octanol–water partition coefficient (Wildman–Crippen LogP) is 4.30. The van der Waals surface area contributed by atoms with E-state index in [0.717, 1.165) is 23.8 Å². The van der Waals surface area contributed by atoms with Crippen LogP contribution in [0.15, 0.2) is 65.7 Å². The molecule has 138 valence electrons. The van der Waals surface area contributed by atoms with Crippen LogP contribution in [0.2, 0.25) is 0 Å². The summed E-state index contributed by atoms with van der Waals surface area (Å²) in [6, 6.07) is 20.4. The van der Waals surface area contributed by atoms with Gasteiger partial charge in [-0.15, -0.1) is 12.4 Å². The van der Waals surface area contributed by atoms with E-state index >= 15 is 0 Å². The van der Waals surface area contributed by atoms with Crippen LogP contribution in [-0.2, 0) is 4.79 Å². The van der Waals surface area contributed by atoms with Crippen LogP contribution < -0.4 is 10.6 Å². The van der Waals surface area contributed by atoms with Gasteiger partial charge in [0.05, 0.1) is 5.25 Å². The van der Waals surface area contributed by atoms with Gasteiger partial charge in [0.25, 0.3) is 0 Å². The highest BCUT2D eigenvalue weighted by Crippen LogP contribution is 2.23. The minimum atomic E-state index is -0.0676. The Bertz CT molecular complexity index is 724. The molecular formula is C20H24ClN3OS. The number of aliphatic imine (C=N–C) groups is 1. The van der Waals surface area contributed by atoms with Gasteiger partial charge in [-0.3, -0.25) is 9.79 Å². The maximum Gasteiger partial charge on any atom is 0.239 e. The van der Waals surface area contributed by atoms with Crippen molar-refractivity contribution in [3.8, 4) is 0 Å². The van der Waals surface area contributed by atoms with Gasteiger partial charge in [-0.1, -0.05) is 67.2 Å². The van der Waals surface area contributed by atoms with Gasteiger partial charge in [0.15, 0.2) is 5.17 Å². The van der Waals surface area contributed by atoms with Crippen LogP contribution in [0, 0.1) is 0 Å². The Morgan fingerprint density at radius 3 is 2.46 bits per heavy atom. The summed E-state index contributed by atoms with van der Waals surface area (Å²) in [4.78, 5) is 16.7. The second-order valence-electron chi connectivity index (χ2n) is 6.13. The number of amides is 1. The Morgan fingerprint density at radius 2 is 1.77 bits per heavy atom. The lowest BCUT2D eigenvalue weighted by molar-refractivity contribution is -0.118. The van der Waals surface area contributed by atoms with E-state index in [1.807, 2.05) is 48.5 Å². The molecule has 1 heterocycles. The molecule has 0 bridgehead atoms. The third-order valence-electron chi connectivity index (χ3n) is 4.16. The molecule has 1 amide bonds. The zero-order chi connectivity index (χ0) is 17.5. The molecule has 3 rings (SSSR count). The van der Waals surface area contributed by atoms with Gasteiger partial charge in [0.2, 0.25) is 5.91 Å². The molecule has 2 aromatic carbocycles. The van der Waals surface area contributed by atoms with Crippen molar-refractivity contribution in [2.75, 3.05) is 18.4 Å². The second-order valence-corrected chi connectivity index (χ2v) is 7.33. The summed E-state index contributed by atoms with van der Waals surface area (Å²) in [6.07, 6.45) is 0.776. The largest absolute Gasteiger partial charge is 0.385 e. The second kappa shape index (κ2) is 10.2. The third kappa shape index (κ3) is 5.78. The van der Waals surface area contributed by atoms with E-state index in [1.54, 1.807) is 11.8 Å². The van der Waals surface area contributed by atoms with E-state index in [0.29, 0.717) is 12.5 Å². The minimum absolute atomic E-state index is 0. The van der Waals surface area contributed by atoms with Crippen LogP contribution in [-0.4, -0.2) is 29.4 Å². The third-order valence-corrected chi connectivity index (χ3v) is 5.35. The molecule has 2 N–H and O–H groups in total. The summed E-state index contributed by atoms with van der Waals surface area (Å²) in [7, 11) is 0. The van der Waals surface area contributed by atoms with Crippen molar-refractivity contribution in [2.24, 2.45) is 4.99 Å². The van der Waals surface area contributed by atoms with Gasteiger partial charge >= 0.3 is 0 Å². The summed E-state index contributed by atoms with van der Waals surface area (Å²) in [6.45, 7) is 3.60. The number of nitrogens with one attached hydrogen (secondary N) is 2. The predicted molar refractivity (Wildman–Crippen MR) is 113 cm³/mol. The number of hydrogen-bond donors (Lipinski definition) is 2. The van der Waals surface area contributed by atoms with Gasteiger partial charge in [-0.2, -0.15) is 0 Å². The van der Waals surface area contributed by atoms with Crippen molar-refractivity contribution in [1.82, 2.24) is 5.32 Å². The maximum absolute atomic E-state index is 12.1. The van der Waals surface area contributed by atoms with E-state index in [9.17, 15) is 4.79 Å². The highest BCUT2D eigenvalue weighted by molar-refractivity contribution is 8.15. The first-order valence-electron chi connectivity index (χ1n) is 8.58. The first kappa shape index (κ1) is 20.3. The Hall–Kier alpha value is -1.98. The first-order chi connectivity index (χ1) is 12.2. The molecule has 6 heteroatoms. The molecule has 0 radical (unpaired) electrons. The van der Waals surface area contributed by atoms with Crippen molar-refractivity contribution < 1.29 is 4.79 Å². The number of halogens is 1. The van der Waals surface area contributed by atoms with Crippen LogP contribution in [0.1, 0.15) is 24.8 Å². The smallest absolute Gasteiger partial charge is 0.239 e. The Labute approximate surface area is 165 Å². The molecule has 1 aliphatic heterocycles. The number of anilines is 1. The molecule has 2 aromatic rings.